The predicted molar refractivity (Wildman–Crippen MR) is 81.8 cm³/mol. The molecule has 0 fully saturated rings. The molecule has 4 nitrogen and oxygen atoms in total. The van der Waals surface area contributed by atoms with E-state index < -0.39 is 23.1 Å². The second-order valence-corrected chi connectivity index (χ2v) is 5.91. The van der Waals surface area contributed by atoms with E-state index in [0.717, 1.165) is 6.20 Å². The van der Waals surface area contributed by atoms with Crippen molar-refractivity contribution in [3.05, 3.63) is 69.1 Å². The number of alkyl halides is 3. The van der Waals surface area contributed by atoms with Gasteiger partial charge < -0.3 is 10.3 Å². The lowest BCUT2D eigenvalue weighted by atomic mass is 9.90. The Morgan fingerprint density at radius 1 is 1.29 bits per heavy atom. The molecular weight excluding hydrogens is 321 g/mol. The van der Waals surface area contributed by atoms with E-state index in [-0.39, 0.29) is 24.0 Å². The van der Waals surface area contributed by atoms with E-state index in [2.05, 4.69) is 10.3 Å². The Balaban J connectivity index is 2.04. The molecule has 1 aromatic carbocycles. The third kappa shape index (κ3) is 2.50. The van der Waals surface area contributed by atoms with Crippen molar-refractivity contribution in [1.29, 1.82) is 0 Å². The molecule has 0 spiro atoms. The molecule has 1 aliphatic rings. The van der Waals surface area contributed by atoms with Gasteiger partial charge in [0, 0.05) is 18.0 Å². The maximum absolute atomic E-state index is 13.8. The Labute approximate surface area is 135 Å². The summed E-state index contributed by atoms with van der Waals surface area (Å²) in [7, 11) is 0. The van der Waals surface area contributed by atoms with E-state index >= 15 is 0 Å². The van der Waals surface area contributed by atoms with Gasteiger partial charge in [0.05, 0.1) is 0 Å². The first-order valence-corrected chi connectivity index (χ1v) is 7.41. The fourth-order valence-electron chi connectivity index (χ4n) is 3.12. The number of hydrogen-bond acceptors (Lipinski definition) is 2. The number of fused-ring (bicyclic) bond motifs is 1. The average molecular weight is 336 g/mol. The van der Waals surface area contributed by atoms with Crippen molar-refractivity contribution >= 4 is 5.91 Å². The summed E-state index contributed by atoms with van der Waals surface area (Å²) in [5.74, 6) is -1.04. The highest BCUT2D eigenvalue weighted by atomic mass is 19.4. The van der Waals surface area contributed by atoms with E-state index in [4.69, 9.17) is 0 Å². The van der Waals surface area contributed by atoms with Crippen LogP contribution in [0.15, 0.2) is 41.3 Å². The van der Waals surface area contributed by atoms with E-state index in [9.17, 15) is 22.8 Å². The van der Waals surface area contributed by atoms with Crippen molar-refractivity contribution in [2.24, 2.45) is 0 Å². The monoisotopic (exact) mass is 336 g/mol. The Bertz CT molecular complexity index is 857. The molecule has 3 rings (SSSR count). The molecule has 1 unspecified atom stereocenters. The number of rotatable bonds is 2. The molecule has 2 aromatic rings. The molecule has 1 amide bonds. The Kier molecular flexibility index (Phi) is 3.74. The van der Waals surface area contributed by atoms with Gasteiger partial charge in [-0.3, -0.25) is 9.59 Å². The van der Waals surface area contributed by atoms with Crippen molar-refractivity contribution in [2.45, 2.75) is 31.5 Å². The molecule has 24 heavy (non-hydrogen) atoms. The first-order valence-electron chi connectivity index (χ1n) is 7.41. The first kappa shape index (κ1) is 16.3. The van der Waals surface area contributed by atoms with Crippen LogP contribution in [0.5, 0.6) is 0 Å². The Morgan fingerprint density at radius 3 is 2.67 bits per heavy atom. The summed E-state index contributed by atoms with van der Waals surface area (Å²) >= 11 is 0. The third-order valence-corrected chi connectivity index (χ3v) is 4.36. The summed E-state index contributed by atoms with van der Waals surface area (Å²) < 4.78 is 41.5. The lowest BCUT2D eigenvalue weighted by Gasteiger charge is -2.33. The molecule has 2 N–H and O–H groups in total. The number of aromatic amines is 1. The van der Waals surface area contributed by atoms with Crippen LogP contribution in [0, 0.1) is 6.92 Å². The Morgan fingerprint density at radius 2 is 2.00 bits per heavy atom. The second kappa shape index (κ2) is 5.51. The minimum absolute atomic E-state index is 0.0365. The number of H-pyrrole nitrogens is 1. The first-order chi connectivity index (χ1) is 11.2. The highest BCUT2D eigenvalue weighted by molar-refractivity contribution is 5.94. The molecule has 126 valence electrons. The lowest BCUT2D eigenvalue weighted by molar-refractivity contribution is -0.197. The molecule has 0 aliphatic heterocycles. The highest BCUT2D eigenvalue weighted by Gasteiger charge is 2.59. The minimum atomic E-state index is -4.67. The van der Waals surface area contributed by atoms with Gasteiger partial charge in [0.25, 0.3) is 5.91 Å². The van der Waals surface area contributed by atoms with Crippen LogP contribution in [0.25, 0.3) is 0 Å². The lowest BCUT2D eigenvalue weighted by Crippen LogP contribution is -2.55. The molecule has 1 aliphatic carbocycles. The molecule has 0 saturated heterocycles. The minimum Gasteiger partial charge on any atom is -0.364 e. The van der Waals surface area contributed by atoms with Gasteiger partial charge in [-0.05, 0) is 30.9 Å². The number of benzene rings is 1. The average Bonchev–Trinajstić information content (AvgIpc) is 2.87. The largest absolute Gasteiger partial charge is 0.415 e. The maximum atomic E-state index is 13.8. The molecule has 1 atom stereocenters. The second-order valence-electron chi connectivity index (χ2n) is 5.91. The van der Waals surface area contributed by atoms with Crippen LogP contribution in [0.3, 0.4) is 0 Å². The van der Waals surface area contributed by atoms with Crippen LogP contribution in [0.2, 0.25) is 0 Å². The number of aryl methyl sites for hydroxylation is 2. The van der Waals surface area contributed by atoms with Crippen LogP contribution < -0.4 is 10.7 Å². The predicted octanol–water partition coefficient (Wildman–Crippen LogP) is 2.82. The van der Waals surface area contributed by atoms with Crippen LogP contribution in [-0.4, -0.2) is 17.1 Å². The van der Waals surface area contributed by atoms with Gasteiger partial charge in [-0.1, -0.05) is 24.3 Å². The van der Waals surface area contributed by atoms with Gasteiger partial charge in [-0.25, -0.2) is 0 Å². The number of pyridine rings is 1. The van der Waals surface area contributed by atoms with Crippen molar-refractivity contribution in [3.8, 4) is 0 Å². The van der Waals surface area contributed by atoms with Crippen molar-refractivity contribution in [3.63, 3.8) is 0 Å². The van der Waals surface area contributed by atoms with Crippen LogP contribution >= 0.6 is 0 Å². The van der Waals surface area contributed by atoms with Gasteiger partial charge in [0.1, 0.15) is 5.56 Å². The van der Waals surface area contributed by atoms with Crippen LogP contribution in [0.4, 0.5) is 13.2 Å². The zero-order valence-corrected chi connectivity index (χ0v) is 12.8. The third-order valence-electron chi connectivity index (χ3n) is 4.36. The van der Waals surface area contributed by atoms with Gasteiger partial charge in [-0.2, -0.15) is 13.2 Å². The zero-order chi connectivity index (χ0) is 17.5. The fraction of sp³-hybridized carbons (Fsp3) is 0.294. The van der Waals surface area contributed by atoms with E-state index in [1.54, 1.807) is 19.1 Å². The fourth-order valence-corrected chi connectivity index (χ4v) is 3.12. The molecule has 7 heteroatoms. The maximum Gasteiger partial charge on any atom is 0.415 e. The number of halogens is 3. The summed E-state index contributed by atoms with van der Waals surface area (Å²) in [6.07, 6.45) is -3.61. The number of hydrogen-bond donors (Lipinski definition) is 2. The highest BCUT2D eigenvalue weighted by Crippen LogP contribution is 2.48. The van der Waals surface area contributed by atoms with Crippen molar-refractivity contribution < 1.29 is 18.0 Å². The van der Waals surface area contributed by atoms with Gasteiger partial charge in [-0.15, -0.1) is 0 Å². The normalized spacial score (nSPS) is 19.8. The van der Waals surface area contributed by atoms with Gasteiger partial charge in [0.2, 0.25) is 0 Å². The molecule has 1 heterocycles. The van der Waals surface area contributed by atoms with Crippen LogP contribution in [-0.2, 0) is 12.0 Å². The zero-order valence-electron chi connectivity index (χ0n) is 12.8. The number of carbonyl (C=O) groups excluding carboxylic acids is 1. The van der Waals surface area contributed by atoms with Crippen LogP contribution in [0.1, 0.15) is 33.6 Å². The van der Waals surface area contributed by atoms with Crippen molar-refractivity contribution in [2.75, 3.05) is 0 Å². The SMILES string of the molecule is Cc1cc(=O)c(C(=O)NC2(C(F)(F)F)CCc3ccccc32)c[nH]1. The Hall–Kier alpha value is -2.57. The van der Waals surface area contributed by atoms with E-state index in [1.807, 2.05) is 0 Å². The standard InChI is InChI=1S/C17H15F3N2O2/c1-10-8-14(23)12(9-21-10)15(24)22-16(17(18,19)20)7-6-11-4-2-3-5-13(11)16/h2-5,8-9H,6-7H2,1H3,(H,21,23)(H,22,24). The topological polar surface area (TPSA) is 62.0 Å². The summed E-state index contributed by atoms with van der Waals surface area (Å²) in [6, 6.07) is 7.34. The summed E-state index contributed by atoms with van der Waals surface area (Å²) in [6.45, 7) is 1.62. The number of amides is 1. The molecular formula is C17H15F3N2O2. The van der Waals surface area contributed by atoms with E-state index in [0.29, 0.717) is 11.3 Å². The number of carbonyl (C=O) groups is 1. The molecule has 0 bridgehead atoms. The van der Waals surface area contributed by atoms with Crippen molar-refractivity contribution in [1.82, 2.24) is 10.3 Å². The molecule has 1 aromatic heterocycles. The summed E-state index contributed by atoms with van der Waals surface area (Å²) in [4.78, 5) is 26.9. The summed E-state index contributed by atoms with van der Waals surface area (Å²) in [5.41, 5.74) is -2.32. The quantitative estimate of drug-likeness (QED) is 0.886. The number of aromatic nitrogens is 1. The van der Waals surface area contributed by atoms with E-state index in [1.165, 1.54) is 18.2 Å². The molecule has 0 radical (unpaired) electrons. The van der Waals surface area contributed by atoms with Gasteiger partial charge >= 0.3 is 6.18 Å². The van der Waals surface area contributed by atoms with Gasteiger partial charge in [0.15, 0.2) is 11.0 Å². The summed E-state index contributed by atoms with van der Waals surface area (Å²) in [5, 5.41) is 2.08. The smallest absolute Gasteiger partial charge is 0.364 e. The number of nitrogens with one attached hydrogen (secondary N) is 2. The molecule has 0 saturated carbocycles.